The number of aromatic nitrogens is 1. The standard InChI is InChI=1S/C15H19N3O4/c1-21-9-15(4-6-16-7-5-15)13(19)17-10-2-3-12-11(8-10)18-14(20)22-12/h2-3,8,16H,4-7,9H2,1H3,(H,17,19)(H,18,20). The molecule has 22 heavy (non-hydrogen) atoms. The van der Waals surface area contributed by atoms with E-state index in [4.69, 9.17) is 9.15 Å². The molecular weight excluding hydrogens is 286 g/mol. The second-order valence-corrected chi connectivity index (χ2v) is 5.64. The molecule has 3 rings (SSSR count). The van der Waals surface area contributed by atoms with Gasteiger partial charge in [-0.15, -0.1) is 0 Å². The molecule has 7 nitrogen and oxygen atoms in total. The fourth-order valence-electron chi connectivity index (χ4n) is 2.91. The molecule has 3 N–H and O–H groups in total. The SMILES string of the molecule is COCC1(C(=O)Nc2ccc3oc(=O)[nH]c3c2)CCNCC1. The summed E-state index contributed by atoms with van der Waals surface area (Å²) < 4.78 is 10.2. The molecule has 1 aromatic carbocycles. The Bertz CT molecular complexity index is 722. The highest BCUT2D eigenvalue weighted by atomic mass is 16.5. The second-order valence-electron chi connectivity index (χ2n) is 5.64. The van der Waals surface area contributed by atoms with E-state index in [9.17, 15) is 9.59 Å². The van der Waals surface area contributed by atoms with Crippen LogP contribution in [0.15, 0.2) is 27.4 Å². The Kier molecular flexibility index (Phi) is 4.00. The molecule has 2 heterocycles. The van der Waals surface area contributed by atoms with Gasteiger partial charge >= 0.3 is 5.76 Å². The Morgan fingerprint density at radius 1 is 1.41 bits per heavy atom. The molecule has 1 aliphatic rings. The first-order valence-corrected chi connectivity index (χ1v) is 7.27. The zero-order valence-corrected chi connectivity index (χ0v) is 12.4. The van der Waals surface area contributed by atoms with Crippen LogP contribution in [0.1, 0.15) is 12.8 Å². The maximum Gasteiger partial charge on any atom is 0.417 e. The minimum Gasteiger partial charge on any atom is -0.408 e. The van der Waals surface area contributed by atoms with Crippen LogP contribution >= 0.6 is 0 Å². The number of hydrogen-bond donors (Lipinski definition) is 3. The molecule has 1 aromatic heterocycles. The molecule has 1 aliphatic heterocycles. The monoisotopic (exact) mass is 305 g/mol. The van der Waals surface area contributed by atoms with Gasteiger partial charge in [0.2, 0.25) is 5.91 Å². The van der Waals surface area contributed by atoms with Gasteiger partial charge in [0.15, 0.2) is 5.58 Å². The highest BCUT2D eigenvalue weighted by Gasteiger charge is 2.39. The molecule has 118 valence electrons. The van der Waals surface area contributed by atoms with Crippen LogP contribution in [0.25, 0.3) is 11.1 Å². The molecular formula is C15H19N3O4. The molecule has 1 saturated heterocycles. The van der Waals surface area contributed by atoms with E-state index in [-0.39, 0.29) is 5.91 Å². The fraction of sp³-hybridized carbons (Fsp3) is 0.467. The van der Waals surface area contributed by atoms with E-state index in [1.54, 1.807) is 25.3 Å². The molecule has 0 bridgehead atoms. The lowest BCUT2D eigenvalue weighted by Crippen LogP contribution is -2.47. The van der Waals surface area contributed by atoms with Crippen LogP contribution < -0.4 is 16.4 Å². The second kappa shape index (κ2) is 5.94. The molecule has 0 atom stereocenters. The maximum absolute atomic E-state index is 12.7. The predicted octanol–water partition coefficient (Wildman–Crippen LogP) is 1.08. The summed E-state index contributed by atoms with van der Waals surface area (Å²) >= 11 is 0. The number of fused-ring (bicyclic) bond motifs is 1. The van der Waals surface area contributed by atoms with Gasteiger partial charge in [0.25, 0.3) is 0 Å². The number of carbonyl (C=O) groups excluding carboxylic acids is 1. The van der Waals surface area contributed by atoms with Gasteiger partial charge in [-0.2, -0.15) is 0 Å². The number of nitrogens with one attached hydrogen (secondary N) is 3. The molecule has 7 heteroatoms. The average Bonchev–Trinajstić information content (AvgIpc) is 2.88. The molecule has 1 fully saturated rings. The largest absolute Gasteiger partial charge is 0.417 e. The van der Waals surface area contributed by atoms with Crippen molar-refractivity contribution in [3.63, 3.8) is 0 Å². The minimum absolute atomic E-state index is 0.0546. The molecule has 1 amide bonds. The summed E-state index contributed by atoms with van der Waals surface area (Å²) in [7, 11) is 1.61. The summed E-state index contributed by atoms with van der Waals surface area (Å²) in [4.78, 5) is 26.5. The Labute approximate surface area is 127 Å². The van der Waals surface area contributed by atoms with Gasteiger partial charge in [0.05, 0.1) is 17.5 Å². The first kappa shape index (κ1) is 14.8. The van der Waals surface area contributed by atoms with Gasteiger partial charge in [0.1, 0.15) is 0 Å². The number of methoxy groups -OCH3 is 1. The van der Waals surface area contributed by atoms with Gasteiger partial charge in [0, 0.05) is 12.8 Å². The summed E-state index contributed by atoms with van der Waals surface area (Å²) in [6.45, 7) is 1.99. The van der Waals surface area contributed by atoms with Crippen LogP contribution in [-0.2, 0) is 9.53 Å². The lowest BCUT2D eigenvalue weighted by molar-refractivity contribution is -0.130. The molecule has 0 spiro atoms. The van der Waals surface area contributed by atoms with E-state index < -0.39 is 11.2 Å². The fourth-order valence-corrected chi connectivity index (χ4v) is 2.91. The van der Waals surface area contributed by atoms with Gasteiger partial charge in [-0.25, -0.2) is 4.79 Å². The van der Waals surface area contributed by atoms with Crippen LogP contribution in [0.2, 0.25) is 0 Å². The number of rotatable bonds is 4. The number of hydrogen-bond acceptors (Lipinski definition) is 5. The van der Waals surface area contributed by atoms with Crippen molar-refractivity contribution in [3.05, 3.63) is 28.7 Å². The van der Waals surface area contributed by atoms with Crippen molar-refractivity contribution in [3.8, 4) is 0 Å². The lowest BCUT2D eigenvalue weighted by Gasteiger charge is -2.35. The number of anilines is 1. The van der Waals surface area contributed by atoms with Crippen molar-refractivity contribution in [2.24, 2.45) is 5.41 Å². The molecule has 0 radical (unpaired) electrons. The highest BCUT2D eigenvalue weighted by Crippen LogP contribution is 2.31. The summed E-state index contributed by atoms with van der Waals surface area (Å²) in [5.74, 6) is -0.561. The number of H-pyrrole nitrogens is 1. The smallest absolute Gasteiger partial charge is 0.408 e. The van der Waals surface area contributed by atoms with E-state index in [2.05, 4.69) is 15.6 Å². The Morgan fingerprint density at radius 2 is 2.18 bits per heavy atom. The van der Waals surface area contributed by atoms with E-state index in [1.807, 2.05) is 0 Å². The van der Waals surface area contributed by atoms with Crippen LogP contribution in [0.4, 0.5) is 5.69 Å². The highest BCUT2D eigenvalue weighted by molar-refractivity contribution is 5.96. The van der Waals surface area contributed by atoms with Crippen molar-refractivity contribution >= 4 is 22.7 Å². The number of amides is 1. The van der Waals surface area contributed by atoms with Crippen molar-refractivity contribution in [2.75, 3.05) is 32.1 Å². The molecule has 0 unspecified atom stereocenters. The van der Waals surface area contributed by atoms with Gasteiger partial charge in [-0.1, -0.05) is 0 Å². The number of benzene rings is 1. The minimum atomic E-state index is -0.515. The Hall–Kier alpha value is -2.12. The first-order valence-electron chi connectivity index (χ1n) is 7.27. The van der Waals surface area contributed by atoms with Crippen LogP contribution in [0.5, 0.6) is 0 Å². The van der Waals surface area contributed by atoms with Gasteiger partial charge < -0.3 is 19.8 Å². The Morgan fingerprint density at radius 3 is 2.91 bits per heavy atom. The number of carbonyl (C=O) groups is 1. The first-order chi connectivity index (χ1) is 10.6. The predicted molar refractivity (Wildman–Crippen MR) is 81.9 cm³/mol. The van der Waals surface area contributed by atoms with E-state index in [0.717, 1.165) is 25.9 Å². The lowest BCUT2D eigenvalue weighted by atomic mass is 9.78. The van der Waals surface area contributed by atoms with Crippen molar-refractivity contribution in [2.45, 2.75) is 12.8 Å². The van der Waals surface area contributed by atoms with Crippen LogP contribution in [0, 0.1) is 5.41 Å². The zero-order chi connectivity index (χ0) is 15.6. The maximum atomic E-state index is 12.7. The Balaban J connectivity index is 1.82. The summed E-state index contributed by atoms with van der Waals surface area (Å²) in [5.41, 5.74) is 1.15. The molecule has 0 saturated carbocycles. The van der Waals surface area contributed by atoms with Gasteiger partial charge in [-0.3, -0.25) is 9.78 Å². The summed E-state index contributed by atoms with van der Waals surface area (Å²) in [6.07, 6.45) is 1.47. The third-order valence-electron chi connectivity index (χ3n) is 4.14. The number of ether oxygens (including phenoxy) is 1. The third-order valence-corrected chi connectivity index (χ3v) is 4.14. The number of aromatic amines is 1. The average molecular weight is 305 g/mol. The van der Waals surface area contributed by atoms with Crippen molar-refractivity contribution < 1.29 is 13.9 Å². The summed E-state index contributed by atoms with van der Waals surface area (Å²) in [5, 5.41) is 6.18. The summed E-state index contributed by atoms with van der Waals surface area (Å²) in [6, 6.07) is 5.08. The number of piperidine rings is 1. The van der Waals surface area contributed by atoms with E-state index in [0.29, 0.717) is 23.4 Å². The van der Waals surface area contributed by atoms with Crippen molar-refractivity contribution in [1.29, 1.82) is 0 Å². The topological polar surface area (TPSA) is 96.4 Å². The normalized spacial score (nSPS) is 17.5. The van der Waals surface area contributed by atoms with Crippen LogP contribution in [-0.4, -0.2) is 37.7 Å². The number of oxazole rings is 1. The van der Waals surface area contributed by atoms with E-state index in [1.165, 1.54) is 0 Å². The quantitative estimate of drug-likeness (QED) is 0.785. The van der Waals surface area contributed by atoms with Gasteiger partial charge in [-0.05, 0) is 44.1 Å². The van der Waals surface area contributed by atoms with Crippen LogP contribution in [0.3, 0.4) is 0 Å². The zero-order valence-electron chi connectivity index (χ0n) is 12.4. The van der Waals surface area contributed by atoms with Crippen molar-refractivity contribution in [1.82, 2.24) is 10.3 Å². The third kappa shape index (κ3) is 2.77. The molecule has 0 aliphatic carbocycles. The van der Waals surface area contributed by atoms with E-state index >= 15 is 0 Å². The molecule has 2 aromatic rings.